The number of hydrogen-bond acceptors (Lipinski definition) is 2. The molecule has 0 aliphatic heterocycles. The fourth-order valence-electron chi connectivity index (χ4n) is 1.29. The van der Waals surface area contributed by atoms with Crippen molar-refractivity contribution >= 4 is 5.78 Å². The summed E-state index contributed by atoms with van der Waals surface area (Å²) >= 11 is 0. The monoisotopic (exact) mass is 185 g/mol. The van der Waals surface area contributed by atoms with Crippen molar-refractivity contribution in [3.8, 4) is 0 Å². The maximum atomic E-state index is 10.8. The molecule has 78 valence electrons. The first-order valence-electron chi connectivity index (χ1n) is 5.06. The Hall–Kier alpha value is -0.370. The van der Waals surface area contributed by atoms with Crippen LogP contribution in [0.4, 0.5) is 0 Å². The lowest BCUT2D eigenvalue weighted by Gasteiger charge is -2.21. The second-order valence-corrected chi connectivity index (χ2v) is 4.98. The minimum Gasteiger partial charge on any atom is -0.312 e. The fourth-order valence-corrected chi connectivity index (χ4v) is 1.29. The Kier molecular flexibility index (Phi) is 5.23. The van der Waals surface area contributed by atoms with Gasteiger partial charge < -0.3 is 10.1 Å². The van der Waals surface area contributed by atoms with Crippen molar-refractivity contribution in [2.75, 3.05) is 6.54 Å². The van der Waals surface area contributed by atoms with Crippen LogP contribution >= 0.6 is 0 Å². The van der Waals surface area contributed by atoms with E-state index in [9.17, 15) is 4.79 Å². The van der Waals surface area contributed by atoms with Gasteiger partial charge in [-0.25, -0.2) is 0 Å². The number of ketones is 1. The number of hydrogen-bond donors (Lipinski definition) is 1. The van der Waals surface area contributed by atoms with E-state index in [-0.39, 0.29) is 5.54 Å². The Morgan fingerprint density at radius 3 is 2.31 bits per heavy atom. The minimum absolute atomic E-state index is 0.190. The highest BCUT2D eigenvalue weighted by Crippen LogP contribution is 2.08. The summed E-state index contributed by atoms with van der Waals surface area (Å²) in [5, 5.41) is 3.41. The third-order valence-corrected chi connectivity index (χ3v) is 1.93. The molecule has 13 heavy (non-hydrogen) atoms. The molecule has 0 aliphatic carbocycles. The molecule has 0 saturated carbocycles. The van der Waals surface area contributed by atoms with E-state index in [1.54, 1.807) is 6.92 Å². The molecule has 0 amide bonds. The number of carbonyl (C=O) groups excluding carboxylic acids is 1. The lowest BCUT2D eigenvalue weighted by molar-refractivity contribution is -0.117. The van der Waals surface area contributed by atoms with Gasteiger partial charge in [0.15, 0.2) is 0 Å². The van der Waals surface area contributed by atoms with Crippen molar-refractivity contribution in [2.24, 2.45) is 5.92 Å². The predicted molar refractivity (Wildman–Crippen MR) is 56.8 cm³/mol. The van der Waals surface area contributed by atoms with Crippen LogP contribution < -0.4 is 5.32 Å². The van der Waals surface area contributed by atoms with Gasteiger partial charge in [0.25, 0.3) is 0 Å². The van der Waals surface area contributed by atoms with Gasteiger partial charge in [0, 0.05) is 12.0 Å². The summed E-state index contributed by atoms with van der Waals surface area (Å²) in [5.74, 6) is 0.801. The molecule has 0 fully saturated rings. The standard InChI is InChI=1S/C11H23NO/c1-9(8-10(2)13)6-7-12-11(3,4)5/h9,12H,6-8H2,1-5H3. The van der Waals surface area contributed by atoms with Gasteiger partial charge in [0.1, 0.15) is 5.78 Å². The average molecular weight is 185 g/mol. The Morgan fingerprint density at radius 2 is 1.92 bits per heavy atom. The molecule has 1 unspecified atom stereocenters. The molecule has 0 saturated heterocycles. The smallest absolute Gasteiger partial charge is 0.130 e. The summed E-state index contributed by atoms with van der Waals surface area (Å²) < 4.78 is 0. The van der Waals surface area contributed by atoms with E-state index in [1.807, 2.05) is 0 Å². The molecule has 0 aromatic heterocycles. The van der Waals surface area contributed by atoms with Crippen LogP contribution in [0.1, 0.15) is 47.5 Å². The fraction of sp³-hybridized carbons (Fsp3) is 0.909. The highest BCUT2D eigenvalue weighted by molar-refractivity contribution is 5.75. The van der Waals surface area contributed by atoms with Gasteiger partial charge in [-0.1, -0.05) is 6.92 Å². The van der Waals surface area contributed by atoms with Gasteiger partial charge >= 0.3 is 0 Å². The predicted octanol–water partition coefficient (Wildman–Crippen LogP) is 2.38. The summed E-state index contributed by atoms with van der Waals surface area (Å²) in [5.41, 5.74) is 0.190. The highest BCUT2D eigenvalue weighted by Gasteiger charge is 2.10. The molecule has 0 spiro atoms. The number of Topliss-reactive ketones (excluding diaryl/α,β-unsaturated/α-hetero) is 1. The van der Waals surface area contributed by atoms with Crippen LogP contribution in [0.15, 0.2) is 0 Å². The Labute approximate surface area is 82.1 Å². The van der Waals surface area contributed by atoms with Crippen molar-refractivity contribution < 1.29 is 4.79 Å². The molecule has 1 N–H and O–H groups in total. The van der Waals surface area contributed by atoms with Gasteiger partial charge in [0.2, 0.25) is 0 Å². The van der Waals surface area contributed by atoms with E-state index in [4.69, 9.17) is 0 Å². The second-order valence-electron chi connectivity index (χ2n) is 4.98. The lowest BCUT2D eigenvalue weighted by atomic mass is 10.0. The molecular weight excluding hydrogens is 162 g/mol. The summed E-state index contributed by atoms with van der Waals surface area (Å²) in [6, 6.07) is 0. The average Bonchev–Trinajstić information content (AvgIpc) is 1.81. The summed E-state index contributed by atoms with van der Waals surface area (Å²) in [6.45, 7) is 11.3. The zero-order chi connectivity index (χ0) is 10.5. The summed E-state index contributed by atoms with van der Waals surface area (Å²) in [6.07, 6.45) is 1.79. The van der Waals surface area contributed by atoms with Gasteiger partial charge in [-0.15, -0.1) is 0 Å². The SMILES string of the molecule is CC(=O)CC(C)CCNC(C)(C)C. The van der Waals surface area contributed by atoms with E-state index in [2.05, 4.69) is 33.0 Å². The van der Waals surface area contributed by atoms with E-state index in [0.717, 1.165) is 13.0 Å². The largest absolute Gasteiger partial charge is 0.312 e. The number of nitrogens with one attached hydrogen (secondary N) is 1. The molecule has 0 aromatic carbocycles. The van der Waals surface area contributed by atoms with Crippen LogP contribution in [0, 0.1) is 5.92 Å². The molecule has 0 aliphatic rings. The van der Waals surface area contributed by atoms with Gasteiger partial charge in [-0.3, -0.25) is 0 Å². The van der Waals surface area contributed by atoms with Crippen molar-refractivity contribution in [1.29, 1.82) is 0 Å². The van der Waals surface area contributed by atoms with E-state index >= 15 is 0 Å². The topological polar surface area (TPSA) is 29.1 Å². The molecule has 0 bridgehead atoms. The first-order valence-corrected chi connectivity index (χ1v) is 5.06. The first kappa shape index (κ1) is 12.6. The lowest BCUT2D eigenvalue weighted by Crippen LogP contribution is -2.36. The van der Waals surface area contributed by atoms with Crippen molar-refractivity contribution in [2.45, 2.75) is 53.0 Å². The zero-order valence-electron chi connectivity index (χ0n) is 9.61. The van der Waals surface area contributed by atoms with Crippen LogP contribution in [0.3, 0.4) is 0 Å². The van der Waals surface area contributed by atoms with Gasteiger partial charge in [-0.2, -0.15) is 0 Å². The van der Waals surface area contributed by atoms with E-state index in [1.165, 1.54) is 0 Å². The van der Waals surface area contributed by atoms with Crippen LogP contribution in [-0.2, 0) is 4.79 Å². The Balaban J connectivity index is 3.48. The molecule has 1 atom stereocenters. The van der Waals surface area contributed by atoms with Gasteiger partial charge in [0.05, 0.1) is 0 Å². The van der Waals surface area contributed by atoms with Crippen molar-refractivity contribution in [1.82, 2.24) is 5.32 Å². The normalized spacial score (nSPS) is 14.2. The number of rotatable bonds is 5. The summed E-state index contributed by atoms with van der Waals surface area (Å²) in [4.78, 5) is 10.8. The Bertz CT molecular complexity index is 158. The summed E-state index contributed by atoms with van der Waals surface area (Å²) in [7, 11) is 0. The van der Waals surface area contributed by atoms with Crippen LogP contribution in [0.25, 0.3) is 0 Å². The highest BCUT2D eigenvalue weighted by atomic mass is 16.1. The van der Waals surface area contributed by atoms with Crippen molar-refractivity contribution in [3.05, 3.63) is 0 Å². The van der Waals surface area contributed by atoms with Crippen LogP contribution in [-0.4, -0.2) is 17.9 Å². The maximum absolute atomic E-state index is 10.8. The molecule has 2 heteroatoms. The first-order chi connectivity index (χ1) is 5.81. The zero-order valence-corrected chi connectivity index (χ0v) is 9.61. The van der Waals surface area contributed by atoms with Crippen LogP contribution in [0.5, 0.6) is 0 Å². The Morgan fingerprint density at radius 1 is 1.38 bits per heavy atom. The number of carbonyl (C=O) groups is 1. The molecule has 0 rings (SSSR count). The van der Waals surface area contributed by atoms with Crippen molar-refractivity contribution in [3.63, 3.8) is 0 Å². The molecule has 0 heterocycles. The van der Waals surface area contributed by atoms with Gasteiger partial charge in [-0.05, 0) is 46.6 Å². The molecule has 0 radical (unpaired) electrons. The third kappa shape index (κ3) is 9.54. The third-order valence-electron chi connectivity index (χ3n) is 1.93. The van der Waals surface area contributed by atoms with E-state index < -0.39 is 0 Å². The second kappa shape index (κ2) is 5.38. The minimum atomic E-state index is 0.190. The molecule has 2 nitrogen and oxygen atoms in total. The molecular formula is C11H23NO. The van der Waals surface area contributed by atoms with Crippen LogP contribution in [0.2, 0.25) is 0 Å². The quantitative estimate of drug-likeness (QED) is 0.712. The molecule has 0 aromatic rings. The maximum Gasteiger partial charge on any atom is 0.130 e. The van der Waals surface area contributed by atoms with E-state index in [0.29, 0.717) is 18.1 Å².